The van der Waals surface area contributed by atoms with Crippen molar-refractivity contribution in [1.82, 2.24) is 9.55 Å². The van der Waals surface area contributed by atoms with Gasteiger partial charge in [-0.3, -0.25) is 4.57 Å². The smallest absolute Gasteiger partial charge is 0.117 e. The average molecular weight is 280 g/mol. The van der Waals surface area contributed by atoms with Crippen LogP contribution < -0.4 is 0 Å². The third-order valence-electron chi connectivity index (χ3n) is 2.86. The summed E-state index contributed by atoms with van der Waals surface area (Å²) in [5.41, 5.74) is 0.747. The second-order valence-electron chi connectivity index (χ2n) is 4.31. The minimum atomic E-state index is 0.506. The second-order valence-corrected chi connectivity index (χ2v) is 5.15. The zero-order chi connectivity index (χ0) is 12.5. The zero-order valence-electron chi connectivity index (χ0n) is 9.55. The summed E-state index contributed by atoms with van der Waals surface area (Å²) in [5, 5.41) is 1.19. The quantitative estimate of drug-likeness (QED) is 0.599. The van der Waals surface area contributed by atoms with E-state index in [0.717, 1.165) is 11.5 Å². The number of imidazole rings is 1. The topological polar surface area (TPSA) is 30.2 Å². The average Bonchev–Trinajstić information content (AvgIpc) is 3.03. The predicted octanol–water partition coefficient (Wildman–Crippen LogP) is 4.18. The van der Waals surface area contributed by atoms with Crippen molar-refractivity contribution >= 4 is 34.7 Å². The van der Waals surface area contributed by atoms with Gasteiger partial charge in [0.15, 0.2) is 0 Å². The molecule has 1 aliphatic carbocycles. The van der Waals surface area contributed by atoms with E-state index in [4.69, 9.17) is 23.2 Å². The number of aliphatic imine (C=N–C) groups is 1. The van der Waals surface area contributed by atoms with Crippen LogP contribution in [0.4, 0.5) is 5.69 Å². The van der Waals surface area contributed by atoms with Crippen LogP contribution >= 0.6 is 23.2 Å². The number of aromatic nitrogens is 2. The lowest BCUT2D eigenvalue weighted by molar-refractivity contribution is 1.01. The van der Waals surface area contributed by atoms with E-state index in [1.165, 1.54) is 12.8 Å². The minimum absolute atomic E-state index is 0.506. The minimum Gasteiger partial charge on any atom is -0.294 e. The van der Waals surface area contributed by atoms with E-state index < -0.39 is 0 Å². The van der Waals surface area contributed by atoms with Crippen LogP contribution in [0.15, 0.2) is 41.9 Å². The van der Waals surface area contributed by atoms with Gasteiger partial charge in [0.25, 0.3) is 0 Å². The molecule has 0 bridgehead atoms. The number of halogens is 2. The number of hydrogen-bond acceptors (Lipinski definition) is 2. The molecular weight excluding hydrogens is 269 g/mol. The van der Waals surface area contributed by atoms with E-state index >= 15 is 0 Å². The fraction of sp³-hybridized carbons (Fsp3) is 0.231. The van der Waals surface area contributed by atoms with Crippen LogP contribution in [-0.4, -0.2) is 15.4 Å². The highest BCUT2D eigenvalue weighted by atomic mass is 35.5. The van der Waals surface area contributed by atoms with Crippen LogP contribution in [0.25, 0.3) is 0 Å². The van der Waals surface area contributed by atoms with Crippen molar-refractivity contribution in [2.24, 2.45) is 10.9 Å². The molecule has 1 saturated carbocycles. The van der Waals surface area contributed by atoms with Gasteiger partial charge in [0.1, 0.15) is 12.2 Å². The summed E-state index contributed by atoms with van der Waals surface area (Å²) < 4.78 is 1.95. The van der Waals surface area contributed by atoms with Crippen LogP contribution in [0.2, 0.25) is 10.0 Å². The van der Waals surface area contributed by atoms with E-state index in [2.05, 4.69) is 9.98 Å². The third kappa shape index (κ3) is 2.42. The van der Waals surface area contributed by atoms with Gasteiger partial charge in [-0.15, -0.1) is 0 Å². The monoisotopic (exact) mass is 279 g/mol. The number of benzene rings is 1. The first-order chi connectivity index (χ1) is 8.74. The van der Waals surface area contributed by atoms with Gasteiger partial charge in [0, 0.05) is 23.3 Å². The molecule has 0 N–H and O–H groups in total. The molecule has 0 saturated heterocycles. The highest BCUT2D eigenvalue weighted by Gasteiger charge is 2.29. The summed E-state index contributed by atoms with van der Waals surface area (Å²) >= 11 is 12.0. The molecule has 0 atom stereocenters. The predicted molar refractivity (Wildman–Crippen MR) is 73.9 cm³/mol. The van der Waals surface area contributed by atoms with Crippen LogP contribution in [0.3, 0.4) is 0 Å². The molecule has 1 aromatic heterocycles. The molecular formula is C13H11Cl2N3. The summed E-state index contributed by atoms with van der Waals surface area (Å²) in [5.74, 6) is 1.50. The zero-order valence-corrected chi connectivity index (χ0v) is 11.1. The highest BCUT2D eigenvalue weighted by Crippen LogP contribution is 2.35. The SMILES string of the molecule is Clc1ccc(/N=C(\C2CC2)n2ccnc2)c(Cl)c1. The molecule has 0 spiro atoms. The van der Waals surface area contributed by atoms with Gasteiger partial charge < -0.3 is 0 Å². The fourth-order valence-electron chi connectivity index (χ4n) is 1.79. The van der Waals surface area contributed by atoms with Gasteiger partial charge in [-0.05, 0) is 31.0 Å². The van der Waals surface area contributed by atoms with Crippen LogP contribution in [-0.2, 0) is 0 Å². The third-order valence-corrected chi connectivity index (χ3v) is 3.39. The standard InChI is InChI=1S/C13H11Cl2N3/c14-10-3-4-12(11(15)7-10)17-13(9-1-2-9)18-6-5-16-8-18/h3-9H,1-2H2/b17-13+. The molecule has 3 nitrogen and oxygen atoms in total. The van der Waals surface area contributed by atoms with E-state index in [1.807, 2.05) is 16.8 Å². The van der Waals surface area contributed by atoms with Gasteiger partial charge in [-0.1, -0.05) is 23.2 Å². The summed E-state index contributed by atoms with van der Waals surface area (Å²) in [6, 6.07) is 5.34. The Balaban J connectivity index is 2.02. The van der Waals surface area contributed by atoms with E-state index in [-0.39, 0.29) is 0 Å². The first kappa shape index (κ1) is 11.8. The molecule has 92 valence electrons. The maximum Gasteiger partial charge on any atom is 0.117 e. The molecule has 1 heterocycles. The highest BCUT2D eigenvalue weighted by molar-refractivity contribution is 6.36. The lowest BCUT2D eigenvalue weighted by Gasteiger charge is -2.07. The molecule has 1 fully saturated rings. The van der Waals surface area contributed by atoms with Gasteiger partial charge in [0.05, 0.1) is 10.7 Å². The first-order valence-electron chi connectivity index (χ1n) is 5.76. The fourth-order valence-corrected chi connectivity index (χ4v) is 2.24. The number of hydrogen-bond donors (Lipinski definition) is 0. The molecule has 0 aliphatic heterocycles. The molecule has 0 unspecified atom stereocenters. The molecule has 1 aliphatic rings. The van der Waals surface area contributed by atoms with E-state index in [1.54, 1.807) is 24.7 Å². The maximum absolute atomic E-state index is 6.14. The lowest BCUT2D eigenvalue weighted by atomic mass is 10.3. The van der Waals surface area contributed by atoms with Crippen molar-refractivity contribution < 1.29 is 0 Å². The summed E-state index contributed by atoms with van der Waals surface area (Å²) in [4.78, 5) is 8.71. The normalized spacial score (nSPS) is 16.0. The molecule has 1 aromatic carbocycles. The van der Waals surface area contributed by atoms with Gasteiger partial charge in [-0.25, -0.2) is 9.98 Å². The molecule has 2 aromatic rings. The van der Waals surface area contributed by atoms with Crippen molar-refractivity contribution in [2.45, 2.75) is 12.8 Å². The molecule has 0 radical (unpaired) electrons. The number of rotatable bonds is 2. The first-order valence-corrected chi connectivity index (χ1v) is 6.51. The van der Waals surface area contributed by atoms with Crippen LogP contribution in [0, 0.1) is 5.92 Å². The van der Waals surface area contributed by atoms with Crippen molar-refractivity contribution in [2.75, 3.05) is 0 Å². The largest absolute Gasteiger partial charge is 0.294 e. The summed E-state index contributed by atoms with van der Waals surface area (Å²) in [7, 11) is 0. The molecule has 5 heteroatoms. The van der Waals surface area contributed by atoms with E-state index in [0.29, 0.717) is 16.0 Å². The van der Waals surface area contributed by atoms with Crippen molar-refractivity contribution in [1.29, 1.82) is 0 Å². The Kier molecular flexibility index (Phi) is 3.10. The van der Waals surface area contributed by atoms with Crippen LogP contribution in [0.5, 0.6) is 0 Å². The summed E-state index contributed by atoms with van der Waals surface area (Å²) in [6.45, 7) is 0. The molecule has 18 heavy (non-hydrogen) atoms. The Bertz CT molecular complexity index is 586. The van der Waals surface area contributed by atoms with Crippen molar-refractivity contribution in [3.63, 3.8) is 0 Å². The Hall–Kier alpha value is -1.32. The van der Waals surface area contributed by atoms with Gasteiger partial charge in [0.2, 0.25) is 0 Å². The Morgan fingerprint density at radius 2 is 2.17 bits per heavy atom. The Labute approximate surface area is 115 Å². The molecule has 3 rings (SSSR count). The van der Waals surface area contributed by atoms with Gasteiger partial charge >= 0.3 is 0 Å². The van der Waals surface area contributed by atoms with E-state index in [9.17, 15) is 0 Å². The van der Waals surface area contributed by atoms with Crippen LogP contribution in [0.1, 0.15) is 12.8 Å². The second kappa shape index (κ2) is 4.75. The summed E-state index contributed by atoms with van der Waals surface area (Å²) in [6.07, 6.45) is 7.76. The van der Waals surface area contributed by atoms with Crippen molar-refractivity contribution in [3.8, 4) is 0 Å². The molecule has 0 amide bonds. The number of nitrogens with zero attached hydrogens (tertiary/aromatic N) is 3. The lowest BCUT2D eigenvalue weighted by Crippen LogP contribution is -2.11. The maximum atomic E-state index is 6.14. The van der Waals surface area contributed by atoms with Gasteiger partial charge in [-0.2, -0.15) is 0 Å². The Morgan fingerprint density at radius 3 is 2.78 bits per heavy atom. The van der Waals surface area contributed by atoms with Crippen molar-refractivity contribution in [3.05, 3.63) is 47.0 Å². The Morgan fingerprint density at radius 1 is 1.33 bits per heavy atom.